The van der Waals surface area contributed by atoms with Crippen LogP contribution in [0.2, 0.25) is 0 Å². The van der Waals surface area contributed by atoms with Crippen LogP contribution < -0.4 is 15.0 Å². The summed E-state index contributed by atoms with van der Waals surface area (Å²) in [5.41, 5.74) is 0.867. The first-order chi connectivity index (χ1) is 26.0. The van der Waals surface area contributed by atoms with Crippen molar-refractivity contribution in [2.45, 2.75) is 68.1 Å². The second kappa shape index (κ2) is 13.1. The number of terminal acetylenes is 1. The molecule has 10 nitrogen and oxygen atoms in total. The van der Waals surface area contributed by atoms with Gasteiger partial charge in [0.25, 0.3) is 5.92 Å². The van der Waals surface area contributed by atoms with Gasteiger partial charge >= 0.3 is 12.1 Å². The third kappa shape index (κ3) is 5.98. The van der Waals surface area contributed by atoms with Crippen molar-refractivity contribution in [2.24, 2.45) is 0 Å². The Morgan fingerprint density at radius 1 is 1.09 bits per heavy atom. The zero-order chi connectivity index (χ0) is 37.4. The van der Waals surface area contributed by atoms with Crippen LogP contribution in [0, 0.1) is 24.0 Å². The van der Waals surface area contributed by atoms with Crippen LogP contribution in [-0.2, 0) is 4.74 Å². The lowest BCUT2D eigenvalue weighted by Crippen LogP contribution is -2.51. The summed E-state index contributed by atoms with van der Waals surface area (Å²) < 4.78 is 71.3. The van der Waals surface area contributed by atoms with E-state index >= 15 is 4.39 Å². The van der Waals surface area contributed by atoms with Gasteiger partial charge in [0.2, 0.25) is 0 Å². The largest absolute Gasteiger partial charge is 0.461 e. The van der Waals surface area contributed by atoms with Crippen molar-refractivity contribution in [2.75, 3.05) is 50.8 Å². The monoisotopic (exact) mass is 741 g/mol. The number of nitrogens with zero attached hydrogens (tertiary/aromatic N) is 6. The number of fused-ring (bicyclic) bond motifs is 5. The Morgan fingerprint density at radius 3 is 2.67 bits per heavy atom. The number of hydrogen-bond donors (Lipinski definition) is 1. The van der Waals surface area contributed by atoms with Gasteiger partial charge in [-0.05, 0) is 43.6 Å². The number of nitrogens with one attached hydrogen (secondary N) is 1. The van der Waals surface area contributed by atoms with Gasteiger partial charge in [0.05, 0.1) is 23.0 Å². The van der Waals surface area contributed by atoms with Crippen molar-refractivity contribution in [3.63, 3.8) is 0 Å². The van der Waals surface area contributed by atoms with Crippen molar-refractivity contribution in [1.82, 2.24) is 30.1 Å². The molecule has 2 aromatic carbocycles. The molecule has 0 aliphatic carbocycles. The molecule has 4 aromatic rings. The lowest BCUT2D eigenvalue weighted by Gasteiger charge is -2.35. The number of halogens is 4. The summed E-state index contributed by atoms with van der Waals surface area (Å²) >= 11 is 0. The number of piperazine rings is 1. The summed E-state index contributed by atoms with van der Waals surface area (Å²) in [6.07, 6.45) is 10.3. The molecule has 14 heteroatoms. The Balaban J connectivity index is 1.04. The first-order valence-corrected chi connectivity index (χ1v) is 18.4. The molecule has 9 rings (SSSR count). The van der Waals surface area contributed by atoms with Crippen LogP contribution in [0.5, 0.6) is 6.01 Å². The van der Waals surface area contributed by atoms with E-state index in [1.807, 2.05) is 0 Å². The van der Waals surface area contributed by atoms with E-state index in [1.165, 1.54) is 6.07 Å². The molecule has 4 atom stereocenters. The molecule has 2 aromatic heterocycles. The predicted molar refractivity (Wildman–Crippen MR) is 194 cm³/mol. The van der Waals surface area contributed by atoms with E-state index in [0.717, 1.165) is 23.3 Å². The lowest BCUT2D eigenvalue weighted by molar-refractivity contribution is 0.00767. The van der Waals surface area contributed by atoms with Crippen molar-refractivity contribution < 1.29 is 31.8 Å². The van der Waals surface area contributed by atoms with Gasteiger partial charge in [0.15, 0.2) is 5.82 Å². The number of pyridine rings is 1. The third-order valence-corrected chi connectivity index (χ3v) is 11.8. The number of ether oxygens (including phenoxy) is 2. The van der Waals surface area contributed by atoms with E-state index in [0.29, 0.717) is 66.4 Å². The second-order valence-electron chi connectivity index (χ2n) is 15.4. The number of carbonyl (C=O) groups is 1. The van der Waals surface area contributed by atoms with Crippen LogP contribution in [0.3, 0.4) is 0 Å². The molecule has 5 aliphatic heterocycles. The highest BCUT2D eigenvalue weighted by molar-refractivity contribution is 6.02. The first-order valence-electron chi connectivity index (χ1n) is 18.4. The highest BCUT2D eigenvalue weighted by Gasteiger charge is 2.52. The Morgan fingerprint density at radius 2 is 1.91 bits per heavy atom. The molecule has 2 bridgehead atoms. The zero-order valence-electron chi connectivity index (χ0n) is 29.6. The molecule has 0 radical (unpaired) electrons. The number of carbonyl (C=O) groups excluding carboxylic acids is 1. The smallest absolute Gasteiger partial charge is 0.410 e. The number of benzene rings is 2. The second-order valence-corrected chi connectivity index (χ2v) is 15.4. The van der Waals surface area contributed by atoms with Crippen molar-refractivity contribution >= 4 is 33.6 Å². The zero-order valence-corrected chi connectivity index (χ0v) is 29.6. The van der Waals surface area contributed by atoms with Gasteiger partial charge in [0, 0.05) is 67.9 Å². The van der Waals surface area contributed by atoms with Crippen LogP contribution in [0.15, 0.2) is 48.7 Å². The highest BCUT2D eigenvalue weighted by Crippen LogP contribution is 2.45. The SMILES string of the molecule is C#Cc1c(F)ccc2cccc(-c3ncc4c(N5CC6CCC(C5)N6)nc(OC[C@@]56CC[C@@H](COC(=O)N7CCC(F)(F)C7)N5CC(=C)C6)nc4c3F)c12. The van der Waals surface area contributed by atoms with Crippen LogP contribution in [-0.4, -0.2) is 106 Å². The Hall–Kier alpha value is -5.00. The number of amides is 1. The van der Waals surface area contributed by atoms with Gasteiger partial charge in [-0.2, -0.15) is 9.97 Å². The molecule has 7 heterocycles. The Kier molecular flexibility index (Phi) is 8.42. The summed E-state index contributed by atoms with van der Waals surface area (Å²) in [6.45, 7) is 5.69. The first kappa shape index (κ1) is 34.7. The van der Waals surface area contributed by atoms with Gasteiger partial charge < -0.3 is 24.6 Å². The van der Waals surface area contributed by atoms with Gasteiger partial charge in [-0.1, -0.05) is 42.3 Å². The normalized spacial score (nSPS) is 26.1. The molecule has 0 spiro atoms. The molecule has 2 unspecified atom stereocenters. The Bertz CT molecular complexity index is 2240. The quantitative estimate of drug-likeness (QED) is 0.138. The third-order valence-electron chi connectivity index (χ3n) is 11.8. The topological polar surface area (TPSA) is 96.0 Å². The van der Waals surface area contributed by atoms with Gasteiger partial charge in [-0.15, -0.1) is 6.42 Å². The van der Waals surface area contributed by atoms with E-state index in [4.69, 9.17) is 20.9 Å². The highest BCUT2D eigenvalue weighted by atomic mass is 19.3. The number of alkyl halides is 2. The molecule has 5 saturated heterocycles. The average Bonchev–Trinajstić information content (AvgIpc) is 3.89. The van der Waals surface area contributed by atoms with E-state index in [2.05, 4.69) is 37.6 Å². The molecule has 1 N–H and O–H groups in total. The summed E-state index contributed by atoms with van der Waals surface area (Å²) in [6, 6.07) is 8.49. The minimum absolute atomic E-state index is 0.00406. The van der Waals surface area contributed by atoms with Crippen LogP contribution >= 0.6 is 0 Å². The van der Waals surface area contributed by atoms with E-state index in [9.17, 15) is 18.0 Å². The molecule has 1 amide bonds. The van der Waals surface area contributed by atoms with E-state index in [-0.39, 0.29) is 67.1 Å². The summed E-state index contributed by atoms with van der Waals surface area (Å²) in [5, 5.41) is 5.09. The number of likely N-dealkylation sites (tertiary alicyclic amines) is 1. The lowest BCUT2D eigenvalue weighted by atomic mass is 9.94. The fourth-order valence-electron chi connectivity index (χ4n) is 9.28. The molecule has 54 heavy (non-hydrogen) atoms. The number of anilines is 1. The number of hydrogen-bond acceptors (Lipinski definition) is 9. The average molecular weight is 742 g/mol. The van der Waals surface area contributed by atoms with Crippen molar-refractivity contribution in [3.05, 3.63) is 65.9 Å². The van der Waals surface area contributed by atoms with Crippen LogP contribution in [0.1, 0.15) is 44.1 Å². The van der Waals surface area contributed by atoms with Gasteiger partial charge in [0.1, 0.15) is 36.1 Å². The number of aromatic nitrogens is 3. The van der Waals surface area contributed by atoms with E-state index < -0.39 is 35.7 Å². The summed E-state index contributed by atoms with van der Waals surface area (Å²) in [4.78, 5) is 32.1. The standard InChI is InChI=1S/C40H39F4N7O3/c1-3-28-31(41)10-7-24-5-4-6-29(32(24)28)34-33(42)35-30(16-45-34)36(50-18-25-8-9-26(19-50)46-25)48-37(47-35)54-22-39-12-11-27(51(39)17-23(2)15-39)20-53-38(52)49-14-13-40(43,44)21-49/h1,4-7,10,16,25-27,46H,2,8-9,11-15,17-22H2/t25?,26?,27-,39-/m0/s1. The predicted octanol–water partition coefficient (Wildman–Crippen LogP) is 6.06. The maximum absolute atomic E-state index is 17.0. The van der Waals surface area contributed by atoms with Crippen LogP contribution in [0.4, 0.5) is 28.2 Å². The maximum Gasteiger partial charge on any atom is 0.410 e. The molecule has 5 aliphatic rings. The molecule has 5 fully saturated rings. The van der Waals surface area contributed by atoms with Crippen LogP contribution in [0.25, 0.3) is 32.9 Å². The molecular weight excluding hydrogens is 702 g/mol. The maximum atomic E-state index is 17.0. The fraction of sp³-hybridized carbons (Fsp3) is 0.450. The molecular formula is C40H39F4N7O3. The minimum atomic E-state index is -2.90. The van der Waals surface area contributed by atoms with Gasteiger partial charge in [-0.25, -0.2) is 22.4 Å². The summed E-state index contributed by atoms with van der Waals surface area (Å²) in [5.74, 6) is -1.24. The van der Waals surface area contributed by atoms with Gasteiger partial charge in [-0.3, -0.25) is 9.88 Å². The number of rotatable bonds is 7. The van der Waals surface area contributed by atoms with E-state index in [1.54, 1.807) is 30.5 Å². The van der Waals surface area contributed by atoms with Crippen molar-refractivity contribution in [1.29, 1.82) is 0 Å². The summed E-state index contributed by atoms with van der Waals surface area (Å²) in [7, 11) is 0. The van der Waals surface area contributed by atoms with Crippen molar-refractivity contribution in [3.8, 4) is 29.6 Å². The Labute approximate surface area is 309 Å². The minimum Gasteiger partial charge on any atom is -0.461 e. The molecule has 280 valence electrons. The fourth-order valence-corrected chi connectivity index (χ4v) is 9.28. The molecule has 0 saturated carbocycles.